The second-order valence-electron chi connectivity index (χ2n) is 6.35. The first-order chi connectivity index (χ1) is 10.8. The van der Waals surface area contributed by atoms with Crippen LogP contribution in [0.4, 0.5) is 0 Å². The number of hydrogen-bond donors (Lipinski definition) is 2. The molecule has 0 aliphatic carbocycles. The van der Waals surface area contributed by atoms with Crippen molar-refractivity contribution in [2.45, 2.75) is 38.3 Å². The van der Waals surface area contributed by atoms with Gasteiger partial charge in [-0.1, -0.05) is 23.4 Å². The molecule has 23 heavy (non-hydrogen) atoms. The monoisotopic (exact) mass is 313 g/mol. The molecule has 0 radical (unpaired) electrons. The summed E-state index contributed by atoms with van der Waals surface area (Å²) < 4.78 is 1.51. The lowest BCUT2D eigenvalue weighted by molar-refractivity contribution is -0.136. The summed E-state index contributed by atoms with van der Waals surface area (Å²) in [6, 6.07) is 7.29. The molecular weight excluding hydrogens is 294 g/mol. The standard InChI is InChI=1S/C16H19N5O2/c1-16(2,17)11-5-3-4-10(8-11)12-9-21(20-19-12)13-6-7-14(22)18-15(13)23/h3-5,8-9,13H,6-7,17H2,1-2H3,(H,18,22,23). The minimum absolute atomic E-state index is 0.246. The Bertz CT molecular complexity index is 760. The Hall–Kier alpha value is -2.54. The number of benzene rings is 1. The summed E-state index contributed by atoms with van der Waals surface area (Å²) in [5, 5.41) is 10.5. The van der Waals surface area contributed by atoms with Crippen molar-refractivity contribution in [3.63, 3.8) is 0 Å². The molecule has 0 bridgehead atoms. The molecule has 7 heteroatoms. The third-order valence-electron chi connectivity index (χ3n) is 3.94. The van der Waals surface area contributed by atoms with E-state index in [-0.39, 0.29) is 11.8 Å². The molecule has 2 aromatic rings. The van der Waals surface area contributed by atoms with Gasteiger partial charge in [-0.05, 0) is 31.9 Å². The van der Waals surface area contributed by atoms with E-state index in [1.165, 1.54) is 4.68 Å². The third kappa shape index (κ3) is 3.14. The molecule has 0 saturated carbocycles. The predicted molar refractivity (Wildman–Crippen MR) is 84.1 cm³/mol. The normalized spacial score (nSPS) is 18.8. The largest absolute Gasteiger partial charge is 0.322 e. The van der Waals surface area contributed by atoms with Gasteiger partial charge in [0.1, 0.15) is 11.7 Å². The van der Waals surface area contributed by atoms with Gasteiger partial charge in [0, 0.05) is 17.5 Å². The average molecular weight is 313 g/mol. The Morgan fingerprint density at radius 1 is 1.35 bits per heavy atom. The lowest BCUT2D eigenvalue weighted by Crippen LogP contribution is -2.41. The average Bonchev–Trinajstić information content (AvgIpc) is 2.96. The first-order valence-corrected chi connectivity index (χ1v) is 7.50. The highest BCUT2D eigenvalue weighted by molar-refractivity contribution is 5.99. The van der Waals surface area contributed by atoms with E-state index in [1.807, 2.05) is 38.1 Å². The third-order valence-corrected chi connectivity index (χ3v) is 3.94. The lowest BCUT2D eigenvalue weighted by Gasteiger charge is -2.20. The fraction of sp³-hybridized carbons (Fsp3) is 0.375. The number of rotatable bonds is 3. The predicted octanol–water partition coefficient (Wildman–Crippen LogP) is 1.12. The molecule has 1 aliphatic heterocycles. The van der Waals surface area contributed by atoms with Crippen molar-refractivity contribution in [3.05, 3.63) is 36.0 Å². The van der Waals surface area contributed by atoms with Crippen LogP contribution >= 0.6 is 0 Å². The van der Waals surface area contributed by atoms with Crippen molar-refractivity contribution in [2.75, 3.05) is 0 Å². The van der Waals surface area contributed by atoms with Crippen LogP contribution < -0.4 is 11.1 Å². The Morgan fingerprint density at radius 2 is 2.13 bits per heavy atom. The fourth-order valence-electron chi connectivity index (χ4n) is 2.58. The summed E-state index contributed by atoms with van der Waals surface area (Å²) in [5.41, 5.74) is 8.23. The van der Waals surface area contributed by atoms with Gasteiger partial charge in [0.15, 0.2) is 0 Å². The topological polar surface area (TPSA) is 103 Å². The quantitative estimate of drug-likeness (QED) is 0.826. The summed E-state index contributed by atoms with van der Waals surface area (Å²) in [7, 11) is 0. The van der Waals surface area contributed by atoms with Crippen LogP contribution in [0.2, 0.25) is 0 Å². The van der Waals surface area contributed by atoms with E-state index in [0.717, 1.165) is 11.1 Å². The van der Waals surface area contributed by atoms with Crippen LogP contribution in [0.5, 0.6) is 0 Å². The number of imide groups is 1. The van der Waals surface area contributed by atoms with Gasteiger partial charge in [-0.2, -0.15) is 0 Å². The van der Waals surface area contributed by atoms with E-state index >= 15 is 0 Å². The highest BCUT2D eigenvalue weighted by atomic mass is 16.2. The molecule has 2 amide bonds. The van der Waals surface area contributed by atoms with Crippen molar-refractivity contribution in [1.82, 2.24) is 20.3 Å². The number of nitrogens with two attached hydrogens (primary N) is 1. The number of nitrogens with zero attached hydrogens (tertiary/aromatic N) is 3. The van der Waals surface area contributed by atoms with E-state index in [0.29, 0.717) is 18.5 Å². The number of nitrogens with one attached hydrogen (secondary N) is 1. The highest BCUT2D eigenvalue weighted by Crippen LogP contribution is 2.25. The molecule has 1 atom stereocenters. The van der Waals surface area contributed by atoms with Crippen LogP contribution in [0.3, 0.4) is 0 Å². The second kappa shape index (κ2) is 5.58. The molecule has 3 N–H and O–H groups in total. The maximum atomic E-state index is 11.9. The molecule has 1 aromatic heterocycles. The molecule has 1 fully saturated rings. The zero-order chi connectivity index (χ0) is 16.6. The van der Waals surface area contributed by atoms with Gasteiger partial charge in [0.25, 0.3) is 5.91 Å². The van der Waals surface area contributed by atoms with Crippen molar-refractivity contribution in [3.8, 4) is 11.3 Å². The van der Waals surface area contributed by atoms with Crippen molar-refractivity contribution >= 4 is 11.8 Å². The molecule has 1 unspecified atom stereocenters. The first kappa shape index (κ1) is 15.4. The maximum Gasteiger partial charge on any atom is 0.251 e. The molecule has 120 valence electrons. The zero-order valence-electron chi connectivity index (χ0n) is 13.1. The Labute approximate surface area is 133 Å². The number of hydrogen-bond acceptors (Lipinski definition) is 5. The van der Waals surface area contributed by atoms with Crippen LogP contribution in [0.1, 0.15) is 38.3 Å². The number of carbonyl (C=O) groups excluding carboxylic acids is 2. The summed E-state index contributed by atoms with van der Waals surface area (Å²) in [6.45, 7) is 3.87. The minimum Gasteiger partial charge on any atom is -0.322 e. The van der Waals surface area contributed by atoms with Crippen molar-refractivity contribution in [1.29, 1.82) is 0 Å². The maximum absolute atomic E-state index is 11.9. The molecule has 1 saturated heterocycles. The fourth-order valence-corrected chi connectivity index (χ4v) is 2.58. The smallest absolute Gasteiger partial charge is 0.251 e. The second-order valence-corrected chi connectivity index (χ2v) is 6.35. The first-order valence-electron chi connectivity index (χ1n) is 7.50. The van der Waals surface area contributed by atoms with Crippen LogP contribution in [-0.4, -0.2) is 26.8 Å². The summed E-state index contributed by atoms with van der Waals surface area (Å²) >= 11 is 0. The zero-order valence-corrected chi connectivity index (χ0v) is 13.1. The summed E-state index contributed by atoms with van der Waals surface area (Å²) in [4.78, 5) is 23.1. The van der Waals surface area contributed by atoms with Gasteiger partial charge in [-0.25, -0.2) is 4.68 Å². The van der Waals surface area contributed by atoms with Crippen LogP contribution in [-0.2, 0) is 15.1 Å². The number of aromatic nitrogens is 3. The number of carbonyl (C=O) groups is 2. The molecule has 0 spiro atoms. The van der Waals surface area contributed by atoms with Gasteiger partial charge in [-0.3, -0.25) is 14.9 Å². The van der Waals surface area contributed by atoms with Gasteiger partial charge >= 0.3 is 0 Å². The highest BCUT2D eigenvalue weighted by Gasteiger charge is 2.29. The van der Waals surface area contributed by atoms with Gasteiger partial charge in [0.05, 0.1) is 6.20 Å². The minimum atomic E-state index is -0.497. The van der Waals surface area contributed by atoms with E-state index in [1.54, 1.807) is 6.20 Å². The van der Waals surface area contributed by atoms with Crippen LogP contribution in [0, 0.1) is 0 Å². The van der Waals surface area contributed by atoms with E-state index in [9.17, 15) is 9.59 Å². The van der Waals surface area contributed by atoms with Gasteiger partial charge in [0.2, 0.25) is 5.91 Å². The van der Waals surface area contributed by atoms with E-state index < -0.39 is 11.6 Å². The lowest BCUT2D eigenvalue weighted by atomic mass is 9.93. The van der Waals surface area contributed by atoms with Crippen LogP contribution in [0.15, 0.2) is 30.5 Å². The molecule has 1 aliphatic rings. The van der Waals surface area contributed by atoms with E-state index in [4.69, 9.17) is 5.73 Å². The van der Waals surface area contributed by atoms with Gasteiger partial charge < -0.3 is 5.73 Å². The van der Waals surface area contributed by atoms with Crippen molar-refractivity contribution in [2.24, 2.45) is 5.73 Å². The number of amides is 2. The molecule has 7 nitrogen and oxygen atoms in total. The Balaban J connectivity index is 1.88. The SMILES string of the molecule is CC(C)(N)c1cccc(-c2cn(C3CCC(=O)NC3=O)nn2)c1. The molecule has 1 aromatic carbocycles. The number of piperidine rings is 1. The Morgan fingerprint density at radius 3 is 2.83 bits per heavy atom. The van der Waals surface area contributed by atoms with Crippen molar-refractivity contribution < 1.29 is 9.59 Å². The van der Waals surface area contributed by atoms with E-state index in [2.05, 4.69) is 15.6 Å². The van der Waals surface area contributed by atoms with Gasteiger partial charge in [-0.15, -0.1) is 5.10 Å². The summed E-state index contributed by atoms with van der Waals surface area (Å²) in [6.07, 6.45) is 2.47. The summed E-state index contributed by atoms with van der Waals surface area (Å²) in [5.74, 6) is -0.584. The molecular formula is C16H19N5O2. The Kier molecular flexibility index (Phi) is 3.73. The molecule has 3 rings (SSSR count). The molecule has 2 heterocycles. The van der Waals surface area contributed by atoms with Crippen LogP contribution in [0.25, 0.3) is 11.3 Å².